The average molecular weight is 165 g/mol. The predicted octanol–water partition coefficient (Wildman–Crippen LogP) is 1.18. The quantitative estimate of drug-likeness (QED) is 0.731. The number of hydrogen-bond acceptors (Lipinski definition) is 2. The SMILES string of the molecule is CCOc1ccc(C(N)=O)cc1. The molecule has 0 radical (unpaired) electrons. The second-order valence-corrected chi connectivity index (χ2v) is 2.32. The van der Waals surface area contributed by atoms with Gasteiger partial charge in [-0.2, -0.15) is 0 Å². The van der Waals surface area contributed by atoms with E-state index in [1.807, 2.05) is 6.92 Å². The van der Waals surface area contributed by atoms with Gasteiger partial charge in [-0.1, -0.05) is 0 Å². The second-order valence-electron chi connectivity index (χ2n) is 2.32. The molecule has 0 unspecified atom stereocenters. The molecule has 64 valence electrons. The van der Waals surface area contributed by atoms with Crippen LogP contribution in [0, 0.1) is 0 Å². The summed E-state index contributed by atoms with van der Waals surface area (Å²) in [5.41, 5.74) is 5.56. The van der Waals surface area contributed by atoms with Crippen molar-refractivity contribution in [2.45, 2.75) is 6.92 Å². The summed E-state index contributed by atoms with van der Waals surface area (Å²) in [6.07, 6.45) is 0. The molecule has 0 aromatic heterocycles. The Bertz CT molecular complexity index is 266. The monoisotopic (exact) mass is 165 g/mol. The first-order valence-electron chi connectivity index (χ1n) is 3.76. The molecule has 0 saturated carbocycles. The molecule has 0 spiro atoms. The third-order valence-corrected chi connectivity index (χ3v) is 1.45. The van der Waals surface area contributed by atoms with E-state index in [9.17, 15) is 4.79 Å². The summed E-state index contributed by atoms with van der Waals surface area (Å²) >= 11 is 0. The zero-order chi connectivity index (χ0) is 8.97. The van der Waals surface area contributed by atoms with Crippen LogP contribution in [0.25, 0.3) is 0 Å². The van der Waals surface area contributed by atoms with E-state index in [2.05, 4.69) is 0 Å². The molecule has 0 bridgehead atoms. The molecule has 3 nitrogen and oxygen atoms in total. The maximum absolute atomic E-state index is 10.7. The fourth-order valence-corrected chi connectivity index (χ4v) is 0.882. The van der Waals surface area contributed by atoms with Crippen LogP contribution in [0.1, 0.15) is 17.3 Å². The molecule has 2 N–H and O–H groups in total. The van der Waals surface area contributed by atoms with Gasteiger partial charge >= 0.3 is 0 Å². The zero-order valence-corrected chi connectivity index (χ0v) is 6.91. The number of rotatable bonds is 3. The molecule has 1 aromatic rings. The lowest BCUT2D eigenvalue weighted by molar-refractivity contribution is 0.100. The van der Waals surface area contributed by atoms with Crippen molar-refractivity contribution in [3.8, 4) is 5.75 Å². The minimum absolute atomic E-state index is 0.418. The largest absolute Gasteiger partial charge is 0.494 e. The van der Waals surface area contributed by atoms with E-state index in [1.54, 1.807) is 24.3 Å². The average Bonchev–Trinajstić information content (AvgIpc) is 2.06. The minimum Gasteiger partial charge on any atom is -0.494 e. The maximum atomic E-state index is 10.7. The molecule has 1 rings (SSSR count). The topological polar surface area (TPSA) is 52.3 Å². The summed E-state index contributed by atoms with van der Waals surface area (Å²) in [4.78, 5) is 10.7. The Labute approximate surface area is 71.1 Å². The molecule has 0 saturated heterocycles. The molecule has 1 amide bonds. The Morgan fingerprint density at radius 3 is 2.42 bits per heavy atom. The molecule has 12 heavy (non-hydrogen) atoms. The van der Waals surface area contributed by atoms with Crippen molar-refractivity contribution in [2.75, 3.05) is 6.61 Å². The van der Waals surface area contributed by atoms with Gasteiger partial charge in [0, 0.05) is 5.56 Å². The van der Waals surface area contributed by atoms with Crippen LogP contribution in [0.5, 0.6) is 5.75 Å². The Morgan fingerprint density at radius 2 is 2.00 bits per heavy atom. The highest BCUT2D eigenvalue weighted by atomic mass is 16.5. The molecule has 0 aliphatic carbocycles. The molecular weight excluding hydrogens is 154 g/mol. The van der Waals surface area contributed by atoms with Crippen LogP contribution in [0.3, 0.4) is 0 Å². The lowest BCUT2D eigenvalue weighted by Crippen LogP contribution is -2.10. The van der Waals surface area contributed by atoms with Crippen LogP contribution in [-0.4, -0.2) is 12.5 Å². The van der Waals surface area contributed by atoms with Gasteiger partial charge < -0.3 is 10.5 Å². The molecule has 0 heterocycles. The summed E-state index contributed by atoms with van der Waals surface area (Å²) in [5.74, 6) is 0.334. The summed E-state index contributed by atoms with van der Waals surface area (Å²) in [7, 11) is 0. The zero-order valence-electron chi connectivity index (χ0n) is 6.91. The van der Waals surface area contributed by atoms with Gasteiger partial charge in [-0.3, -0.25) is 4.79 Å². The number of carbonyl (C=O) groups excluding carboxylic acids is 1. The normalized spacial score (nSPS) is 9.42. The van der Waals surface area contributed by atoms with E-state index in [0.29, 0.717) is 12.2 Å². The number of benzene rings is 1. The van der Waals surface area contributed by atoms with E-state index in [0.717, 1.165) is 5.75 Å². The Morgan fingerprint density at radius 1 is 1.42 bits per heavy atom. The Balaban J connectivity index is 2.78. The number of ether oxygens (including phenoxy) is 1. The number of primary amides is 1. The molecule has 1 aromatic carbocycles. The van der Waals surface area contributed by atoms with Gasteiger partial charge in [0.05, 0.1) is 6.61 Å². The first-order valence-corrected chi connectivity index (χ1v) is 3.76. The van der Waals surface area contributed by atoms with Crippen molar-refractivity contribution >= 4 is 5.91 Å². The number of hydrogen-bond donors (Lipinski definition) is 1. The minimum atomic E-state index is -0.418. The van der Waals surface area contributed by atoms with Gasteiger partial charge in [-0.15, -0.1) is 0 Å². The van der Waals surface area contributed by atoms with Crippen molar-refractivity contribution in [1.29, 1.82) is 0 Å². The van der Waals surface area contributed by atoms with E-state index >= 15 is 0 Å². The summed E-state index contributed by atoms with van der Waals surface area (Å²) < 4.78 is 5.19. The van der Waals surface area contributed by atoms with Gasteiger partial charge in [-0.25, -0.2) is 0 Å². The van der Waals surface area contributed by atoms with Crippen molar-refractivity contribution in [3.63, 3.8) is 0 Å². The lowest BCUT2D eigenvalue weighted by Gasteiger charge is -2.02. The van der Waals surface area contributed by atoms with Gasteiger partial charge in [0.2, 0.25) is 5.91 Å². The predicted molar refractivity (Wildman–Crippen MR) is 46.1 cm³/mol. The second kappa shape index (κ2) is 3.76. The Hall–Kier alpha value is -1.51. The summed E-state index contributed by atoms with van der Waals surface area (Å²) in [6, 6.07) is 6.74. The van der Waals surface area contributed by atoms with Crippen LogP contribution in [-0.2, 0) is 0 Å². The fraction of sp³-hybridized carbons (Fsp3) is 0.222. The third kappa shape index (κ3) is 1.99. The van der Waals surface area contributed by atoms with Gasteiger partial charge in [0.25, 0.3) is 0 Å². The Kier molecular flexibility index (Phi) is 2.69. The van der Waals surface area contributed by atoms with E-state index in [1.165, 1.54) is 0 Å². The lowest BCUT2D eigenvalue weighted by atomic mass is 10.2. The molecule has 0 fully saturated rings. The number of carbonyl (C=O) groups is 1. The van der Waals surface area contributed by atoms with Crippen LogP contribution in [0.15, 0.2) is 24.3 Å². The number of amides is 1. The highest BCUT2D eigenvalue weighted by molar-refractivity contribution is 5.92. The van der Waals surface area contributed by atoms with Crippen LogP contribution < -0.4 is 10.5 Å². The van der Waals surface area contributed by atoms with Crippen molar-refractivity contribution in [3.05, 3.63) is 29.8 Å². The number of nitrogens with two attached hydrogens (primary N) is 1. The maximum Gasteiger partial charge on any atom is 0.248 e. The van der Waals surface area contributed by atoms with Crippen molar-refractivity contribution in [2.24, 2.45) is 5.73 Å². The fourth-order valence-electron chi connectivity index (χ4n) is 0.882. The molecule has 0 atom stereocenters. The van der Waals surface area contributed by atoms with E-state index in [-0.39, 0.29) is 0 Å². The van der Waals surface area contributed by atoms with Gasteiger partial charge in [-0.05, 0) is 31.2 Å². The molecule has 3 heteroatoms. The smallest absolute Gasteiger partial charge is 0.248 e. The van der Waals surface area contributed by atoms with Crippen molar-refractivity contribution < 1.29 is 9.53 Å². The molecule has 0 aliphatic rings. The standard InChI is InChI=1S/C9H11NO2/c1-2-12-8-5-3-7(4-6-8)9(10)11/h3-6H,2H2,1H3,(H2,10,11). The van der Waals surface area contributed by atoms with E-state index < -0.39 is 5.91 Å². The highest BCUT2D eigenvalue weighted by Crippen LogP contribution is 2.11. The van der Waals surface area contributed by atoms with Gasteiger partial charge in [0.1, 0.15) is 5.75 Å². The van der Waals surface area contributed by atoms with Crippen molar-refractivity contribution in [1.82, 2.24) is 0 Å². The van der Waals surface area contributed by atoms with Crippen LogP contribution in [0.2, 0.25) is 0 Å². The molecular formula is C9H11NO2. The first-order chi connectivity index (χ1) is 5.74. The van der Waals surface area contributed by atoms with Gasteiger partial charge in [0.15, 0.2) is 0 Å². The highest BCUT2D eigenvalue weighted by Gasteiger charge is 1.98. The summed E-state index contributed by atoms with van der Waals surface area (Å²) in [5, 5.41) is 0. The van der Waals surface area contributed by atoms with Crippen LogP contribution >= 0.6 is 0 Å². The molecule has 0 aliphatic heterocycles. The third-order valence-electron chi connectivity index (χ3n) is 1.45. The summed E-state index contributed by atoms with van der Waals surface area (Å²) in [6.45, 7) is 2.53. The van der Waals surface area contributed by atoms with E-state index in [4.69, 9.17) is 10.5 Å². The first kappa shape index (κ1) is 8.59. The van der Waals surface area contributed by atoms with Crippen LogP contribution in [0.4, 0.5) is 0 Å².